The number of thiazole rings is 1. The van der Waals surface area contributed by atoms with E-state index in [1.807, 2.05) is 30.0 Å². The topological polar surface area (TPSA) is 56.8 Å². The lowest BCUT2D eigenvalue weighted by atomic mass is 10.1. The number of hydrogen-bond donors (Lipinski definition) is 0. The predicted molar refractivity (Wildman–Crippen MR) is 115 cm³/mol. The smallest absolute Gasteiger partial charge is 0.239 e. The monoisotopic (exact) mass is 412 g/mol. The van der Waals surface area contributed by atoms with E-state index in [1.165, 1.54) is 5.56 Å². The van der Waals surface area contributed by atoms with Gasteiger partial charge in [-0.15, -0.1) is 11.3 Å². The number of carbonyl (C=O) groups is 2. The molecule has 154 valence electrons. The maximum absolute atomic E-state index is 13.0. The van der Waals surface area contributed by atoms with Gasteiger partial charge in [0.25, 0.3) is 0 Å². The van der Waals surface area contributed by atoms with E-state index in [4.69, 9.17) is 0 Å². The Labute approximate surface area is 176 Å². The van der Waals surface area contributed by atoms with Gasteiger partial charge in [-0.2, -0.15) is 0 Å². The van der Waals surface area contributed by atoms with Crippen molar-refractivity contribution in [3.63, 3.8) is 0 Å². The third-order valence-electron chi connectivity index (χ3n) is 6.04. The van der Waals surface area contributed by atoms with Crippen molar-refractivity contribution >= 4 is 28.8 Å². The van der Waals surface area contributed by atoms with E-state index < -0.39 is 5.92 Å². The van der Waals surface area contributed by atoms with Gasteiger partial charge in [0.05, 0.1) is 10.7 Å². The van der Waals surface area contributed by atoms with E-state index in [-0.39, 0.29) is 11.8 Å². The summed E-state index contributed by atoms with van der Waals surface area (Å²) in [5.74, 6) is -0.603. The minimum Gasteiger partial charge on any atom is -0.339 e. The number of piperazine rings is 1. The third-order valence-corrected chi connectivity index (χ3v) is 6.86. The molecule has 2 fully saturated rings. The van der Waals surface area contributed by atoms with E-state index in [0.29, 0.717) is 26.1 Å². The molecule has 3 heterocycles. The zero-order chi connectivity index (χ0) is 20.5. The molecule has 1 unspecified atom stereocenters. The summed E-state index contributed by atoms with van der Waals surface area (Å²) in [5, 5.41) is 3.19. The molecule has 1 aromatic carbocycles. The molecule has 6 nitrogen and oxygen atoms in total. The van der Waals surface area contributed by atoms with Gasteiger partial charge in [0, 0.05) is 50.3 Å². The molecule has 0 N–H and O–H groups in total. The van der Waals surface area contributed by atoms with Crippen LogP contribution in [0.15, 0.2) is 23.6 Å². The Kier molecular flexibility index (Phi) is 5.69. The van der Waals surface area contributed by atoms with Crippen molar-refractivity contribution in [1.82, 2.24) is 14.8 Å². The maximum atomic E-state index is 13.0. The number of anilines is 1. The van der Waals surface area contributed by atoms with Crippen LogP contribution in [0.4, 0.5) is 5.69 Å². The first-order chi connectivity index (χ1) is 13.9. The summed E-state index contributed by atoms with van der Waals surface area (Å²) in [6.45, 7) is 10.6. The van der Waals surface area contributed by atoms with Crippen molar-refractivity contribution in [3.8, 4) is 0 Å². The molecule has 1 atom stereocenters. The van der Waals surface area contributed by atoms with Crippen LogP contribution in [0, 0.1) is 26.7 Å². The standard InChI is InChI=1S/C22H28N4O2S/c1-15-4-5-19(12-16(15)2)26-7-6-20(22(26)28)21(27)25-10-8-24(9-11-25)13-18-14-29-17(3)23-18/h4-5,12,14,20H,6-11,13H2,1-3H3. The average molecular weight is 413 g/mol. The van der Waals surface area contributed by atoms with Crippen molar-refractivity contribution in [1.29, 1.82) is 0 Å². The highest BCUT2D eigenvalue weighted by molar-refractivity contribution is 7.09. The van der Waals surface area contributed by atoms with E-state index in [2.05, 4.69) is 29.1 Å². The number of aromatic nitrogens is 1. The zero-order valence-corrected chi connectivity index (χ0v) is 18.2. The Morgan fingerprint density at radius 2 is 1.86 bits per heavy atom. The molecule has 2 aliphatic rings. The van der Waals surface area contributed by atoms with Crippen molar-refractivity contribution in [3.05, 3.63) is 45.4 Å². The van der Waals surface area contributed by atoms with Gasteiger partial charge in [-0.3, -0.25) is 14.5 Å². The maximum Gasteiger partial charge on any atom is 0.239 e. The molecule has 2 saturated heterocycles. The van der Waals surface area contributed by atoms with Gasteiger partial charge in [-0.25, -0.2) is 4.98 Å². The highest BCUT2D eigenvalue weighted by Crippen LogP contribution is 2.28. The van der Waals surface area contributed by atoms with Gasteiger partial charge >= 0.3 is 0 Å². The Bertz CT molecular complexity index is 917. The van der Waals surface area contributed by atoms with Crippen LogP contribution in [0.3, 0.4) is 0 Å². The average Bonchev–Trinajstić information content (AvgIpc) is 3.29. The Balaban J connectivity index is 1.34. The highest BCUT2D eigenvalue weighted by Gasteiger charge is 2.40. The van der Waals surface area contributed by atoms with Crippen molar-refractivity contribution in [2.24, 2.45) is 5.92 Å². The van der Waals surface area contributed by atoms with E-state index in [9.17, 15) is 9.59 Å². The summed E-state index contributed by atoms with van der Waals surface area (Å²) >= 11 is 1.67. The molecule has 0 bridgehead atoms. The van der Waals surface area contributed by atoms with Crippen LogP contribution in [0.5, 0.6) is 0 Å². The van der Waals surface area contributed by atoms with Gasteiger partial charge in [0.2, 0.25) is 11.8 Å². The highest BCUT2D eigenvalue weighted by atomic mass is 32.1. The fraction of sp³-hybridized carbons (Fsp3) is 0.500. The number of amides is 2. The Morgan fingerprint density at radius 1 is 1.10 bits per heavy atom. The molecule has 0 spiro atoms. The molecule has 0 aliphatic carbocycles. The second-order valence-electron chi connectivity index (χ2n) is 8.06. The molecule has 7 heteroatoms. The molecule has 29 heavy (non-hydrogen) atoms. The van der Waals surface area contributed by atoms with Crippen LogP contribution < -0.4 is 4.90 Å². The molecule has 2 aromatic rings. The van der Waals surface area contributed by atoms with Gasteiger partial charge in [-0.1, -0.05) is 6.07 Å². The first-order valence-corrected chi connectivity index (χ1v) is 11.1. The van der Waals surface area contributed by atoms with Crippen LogP contribution in [0.1, 0.15) is 28.2 Å². The van der Waals surface area contributed by atoms with E-state index in [0.717, 1.165) is 41.6 Å². The Hall–Kier alpha value is -2.25. The summed E-state index contributed by atoms with van der Waals surface area (Å²) in [5.41, 5.74) is 4.37. The second kappa shape index (κ2) is 8.24. The molecule has 1 aromatic heterocycles. The van der Waals surface area contributed by atoms with Gasteiger partial charge in [0.1, 0.15) is 5.92 Å². The SMILES string of the molecule is Cc1nc(CN2CCN(C(=O)C3CCN(c4ccc(C)c(C)c4)C3=O)CC2)cs1. The van der Waals surface area contributed by atoms with Gasteiger partial charge in [-0.05, 0) is 50.5 Å². The fourth-order valence-electron chi connectivity index (χ4n) is 4.12. The molecule has 2 aliphatic heterocycles. The minimum atomic E-state index is -0.538. The van der Waals surface area contributed by atoms with Crippen molar-refractivity contribution in [2.75, 3.05) is 37.6 Å². The van der Waals surface area contributed by atoms with Gasteiger partial charge in [0.15, 0.2) is 0 Å². The van der Waals surface area contributed by atoms with Crippen LogP contribution in [-0.4, -0.2) is 59.3 Å². The van der Waals surface area contributed by atoms with Crippen LogP contribution in [0.25, 0.3) is 0 Å². The van der Waals surface area contributed by atoms with Crippen LogP contribution >= 0.6 is 11.3 Å². The summed E-state index contributed by atoms with van der Waals surface area (Å²) in [4.78, 5) is 36.5. The minimum absolute atomic E-state index is 0.00881. The lowest BCUT2D eigenvalue weighted by Crippen LogP contribution is -2.51. The number of hydrogen-bond acceptors (Lipinski definition) is 5. The molecule has 0 saturated carbocycles. The summed E-state index contributed by atoms with van der Waals surface area (Å²) in [6.07, 6.45) is 0.600. The van der Waals surface area contributed by atoms with E-state index >= 15 is 0 Å². The lowest BCUT2D eigenvalue weighted by Gasteiger charge is -2.35. The van der Waals surface area contributed by atoms with Crippen LogP contribution in [-0.2, 0) is 16.1 Å². The fourth-order valence-corrected chi connectivity index (χ4v) is 4.72. The molecular weight excluding hydrogens is 384 g/mol. The third kappa shape index (κ3) is 4.21. The summed E-state index contributed by atoms with van der Waals surface area (Å²) in [7, 11) is 0. The van der Waals surface area contributed by atoms with Gasteiger partial charge < -0.3 is 9.80 Å². The first-order valence-electron chi connectivity index (χ1n) is 10.2. The number of carbonyl (C=O) groups excluding carboxylic acids is 2. The second-order valence-corrected chi connectivity index (χ2v) is 9.12. The summed E-state index contributed by atoms with van der Waals surface area (Å²) < 4.78 is 0. The number of aryl methyl sites for hydroxylation is 3. The van der Waals surface area contributed by atoms with Crippen molar-refractivity contribution in [2.45, 2.75) is 33.7 Å². The first kappa shape index (κ1) is 20.0. The molecule has 2 amide bonds. The predicted octanol–water partition coefficient (Wildman–Crippen LogP) is 2.77. The zero-order valence-electron chi connectivity index (χ0n) is 17.4. The quantitative estimate of drug-likeness (QED) is 0.725. The lowest BCUT2D eigenvalue weighted by molar-refractivity contribution is -0.141. The number of nitrogens with zero attached hydrogens (tertiary/aromatic N) is 4. The Morgan fingerprint density at radius 3 is 2.52 bits per heavy atom. The molecular formula is C22H28N4O2S. The molecule has 4 rings (SSSR count). The number of benzene rings is 1. The number of rotatable bonds is 4. The molecule has 0 radical (unpaired) electrons. The summed E-state index contributed by atoms with van der Waals surface area (Å²) in [6, 6.07) is 6.06. The normalized spacial score (nSPS) is 20.5. The van der Waals surface area contributed by atoms with Crippen molar-refractivity contribution < 1.29 is 9.59 Å². The van der Waals surface area contributed by atoms with E-state index in [1.54, 1.807) is 16.2 Å². The van der Waals surface area contributed by atoms with Crippen LogP contribution in [0.2, 0.25) is 0 Å². The largest absolute Gasteiger partial charge is 0.339 e.